The van der Waals surface area contributed by atoms with E-state index in [4.69, 9.17) is 10.7 Å². The molecule has 0 spiro atoms. The van der Waals surface area contributed by atoms with Crippen molar-refractivity contribution in [3.05, 3.63) is 71.7 Å². The van der Waals surface area contributed by atoms with E-state index in [0.29, 0.717) is 42.0 Å². The first-order chi connectivity index (χ1) is 19.0. The highest BCUT2D eigenvalue weighted by Crippen LogP contribution is 2.41. The van der Waals surface area contributed by atoms with Crippen molar-refractivity contribution in [3.8, 4) is 11.3 Å². The number of hydrogen-bond donors (Lipinski definition) is 2. The summed E-state index contributed by atoms with van der Waals surface area (Å²) in [6, 6.07) is 8.47. The van der Waals surface area contributed by atoms with Crippen LogP contribution in [-0.2, 0) is 4.79 Å². The number of rotatable bonds is 5. The Balaban J connectivity index is 1.20. The van der Waals surface area contributed by atoms with Gasteiger partial charge in [-0.3, -0.25) is 14.0 Å². The number of nitrogens with zero attached hydrogens (tertiary/aromatic N) is 5. The van der Waals surface area contributed by atoms with Crippen molar-refractivity contribution in [2.75, 3.05) is 17.6 Å². The molecule has 0 bridgehead atoms. The number of imidazole rings is 1. The summed E-state index contributed by atoms with van der Waals surface area (Å²) in [5.74, 6) is 1.10. The number of benzene rings is 1. The van der Waals surface area contributed by atoms with Gasteiger partial charge in [0, 0.05) is 54.6 Å². The first-order valence-corrected chi connectivity index (χ1v) is 13.5. The van der Waals surface area contributed by atoms with E-state index in [1.54, 1.807) is 30.7 Å². The zero-order valence-electron chi connectivity index (χ0n) is 21.3. The predicted molar refractivity (Wildman–Crippen MR) is 144 cm³/mol. The van der Waals surface area contributed by atoms with Crippen LogP contribution >= 0.6 is 0 Å². The normalized spacial score (nSPS) is 20.8. The van der Waals surface area contributed by atoms with Crippen LogP contribution in [-0.4, -0.2) is 48.7 Å². The van der Waals surface area contributed by atoms with Crippen molar-refractivity contribution in [2.24, 2.45) is 0 Å². The van der Waals surface area contributed by atoms with Crippen LogP contribution in [0.25, 0.3) is 16.8 Å². The lowest BCUT2D eigenvalue weighted by molar-refractivity contribution is -0.130. The van der Waals surface area contributed by atoms with Gasteiger partial charge >= 0.3 is 0 Å². The third-order valence-electron chi connectivity index (χ3n) is 8.25. The van der Waals surface area contributed by atoms with Crippen LogP contribution in [0.3, 0.4) is 0 Å². The van der Waals surface area contributed by atoms with Gasteiger partial charge in [-0.15, -0.1) is 0 Å². The third-order valence-corrected chi connectivity index (χ3v) is 8.25. The Hall–Kier alpha value is -4.34. The van der Waals surface area contributed by atoms with E-state index < -0.39 is 11.7 Å². The highest BCUT2D eigenvalue weighted by Gasteiger charge is 2.38. The predicted octanol–water partition coefficient (Wildman–Crippen LogP) is 4.51. The second-order valence-corrected chi connectivity index (χ2v) is 10.8. The van der Waals surface area contributed by atoms with Crippen LogP contribution in [0.4, 0.5) is 16.0 Å². The molecule has 0 radical (unpaired) electrons. The fraction of sp³-hybridized carbons (Fsp3) is 0.345. The van der Waals surface area contributed by atoms with E-state index in [0.717, 1.165) is 43.5 Å². The second-order valence-electron chi connectivity index (χ2n) is 10.8. The van der Waals surface area contributed by atoms with Gasteiger partial charge in [-0.1, -0.05) is 0 Å². The van der Waals surface area contributed by atoms with E-state index in [1.165, 1.54) is 6.07 Å². The number of nitrogens with two attached hydrogens (primary N) is 1. The van der Waals surface area contributed by atoms with E-state index in [1.807, 2.05) is 21.4 Å². The van der Waals surface area contributed by atoms with Crippen LogP contribution in [0.15, 0.2) is 48.9 Å². The molecule has 39 heavy (non-hydrogen) atoms. The van der Waals surface area contributed by atoms with Crippen LogP contribution in [0.1, 0.15) is 72.1 Å². The molecule has 7 rings (SSSR count). The van der Waals surface area contributed by atoms with Crippen molar-refractivity contribution >= 4 is 29.0 Å². The Bertz CT molecular complexity index is 1630. The van der Waals surface area contributed by atoms with Crippen LogP contribution in [0, 0.1) is 5.82 Å². The summed E-state index contributed by atoms with van der Waals surface area (Å²) >= 11 is 0. The van der Waals surface area contributed by atoms with Crippen molar-refractivity contribution < 1.29 is 14.0 Å². The zero-order valence-corrected chi connectivity index (χ0v) is 21.3. The number of amides is 2. The topological polar surface area (TPSA) is 119 Å². The molecule has 4 aromatic rings. The van der Waals surface area contributed by atoms with E-state index in [9.17, 15) is 9.59 Å². The molecule has 5 heterocycles. The van der Waals surface area contributed by atoms with Gasteiger partial charge in [0.15, 0.2) is 0 Å². The van der Waals surface area contributed by atoms with Crippen LogP contribution in [0.2, 0.25) is 0 Å². The maximum atomic E-state index is 15.6. The fourth-order valence-electron chi connectivity index (χ4n) is 6.06. The number of carbonyl (C=O) groups excluding carboxylic acids is 2. The molecule has 3 fully saturated rings. The minimum Gasteiger partial charge on any atom is -0.382 e. The monoisotopic (exact) mass is 525 g/mol. The summed E-state index contributed by atoms with van der Waals surface area (Å²) in [6.45, 7) is 0.585. The number of pyridine rings is 1. The summed E-state index contributed by atoms with van der Waals surface area (Å²) in [7, 11) is 0. The quantitative estimate of drug-likeness (QED) is 0.396. The van der Waals surface area contributed by atoms with Gasteiger partial charge in [0.05, 0.1) is 0 Å². The number of hydrogen-bond acceptors (Lipinski definition) is 6. The number of nitrogen functional groups attached to an aromatic ring is 1. The first kappa shape index (κ1) is 23.8. The molecule has 3 N–H and O–H groups in total. The molecule has 198 valence electrons. The van der Waals surface area contributed by atoms with E-state index in [-0.39, 0.29) is 28.8 Å². The molecular weight excluding hydrogens is 497 g/mol. The molecule has 0 unspecified atom stereocenters. The molecular formula is C29H28FN7O2. The minimum atomic E-state index is -0.587. The molecule has 1 saturated carbocycles. The maximum absolute atomic E-state index is 15.6. The SMILES string of the molecule is Nc1nccn2c([C@@H]3CC[C@H]4CCC(=O)N4C3)nc(-c3ccc(C(=O)Nc4cc(C5CC5)ccn4)cc3F)c12. The van der Waals surface area contributed by atoms with Crippen LogP contribution < -0.4 is 11.1 Å². The van der Waals surface area contributed by atoms with Gasteiger partial charge in [0.25, 0.3) is 5.91 Å². The fourth-order valence-corrected chi connectivity index (χ4v) is 6.06. The largest absolute Gasteiger partial charge is 0.382 e. The summed E-state index contributed by atoms with van der Waals surface area (Å²) in [5, 5.41) is 2.78. The number of carbonyl (C=O) groups is 2. The summed E-state index contributed by atoms with van der Waals surface area (Å²) in [5.41, 5.74) is 8.71. The van der Waals surface area contributed by atoms with Gasteiger partial charge in [0.2, 0.25) is 5.91 Å². The second kappa shape index (κ2) is 9.14. The lowest BCUT2D eigenvalue weighted by atomic mass is 9.92. The standard InChI is InChI=1S/C29H28FN7O2/c30-22-13-18(29(39)34-23-14-17(9-10-32-23)16-1-2-16)4-7-21(22)25-26-27(31)33-11-12-36(26)28(35-25)19-3-5-20-6-8-24(38)37(20)15-19/h4,7,9-14,16,19-20H,1-3,5-6,8,15H2,(H2,31,33)(H,32,34,39)/t19-,20+/m1/s1. The molecule has 10 heteroatoms. The maximum Gasteiger partial charge on any atom is 0.256 e. The Kier molecular flexibility index (Phi) is 5.57. The molecule has 2 aliphatic heterocycles. The van der Waals surface area contributed by atoms with Gasteiger partial charge in [-0.2, -0.15) is 0 Å². The van der Waals surface area contributed by atoms with Gasteiger partial charge in [0.1, 0.15) is 34.5 Å². The number of piperidine rings is 1. The van der Waals surface area contributed by atoms with Gasteiger partial charge in [-0.25, -0.2) is 19.3 Å². The molecule has 2 saturated heterocycles. The van der Waals surface area contributed by atoms with Gasteiger partial charge in [-0.05, 0) is 73.9 Å². The Morgan fingerprint density at radius 3 is 2.69 bits per heavy atom. The van der Waals surface area contributed by atoms with Crippen molar-refractivity contribution in [1.82, 2.24) is 24.3 Å². The lowest BCUT2D eigenvalue weighted by Crippen LogP contribution is -2.41. The summed E-state index contributed by atoms with van der Waals surface area (Å²) < 4.78 is 17.5. The highest BCUT2D eigenvalue weighted by atomic mass is 19.1. The van der Waals surface area contributed by atoms with Crippen molar-refractivity contribution in [1.29, 1.82) is 0 Å². The molecule has 3 aromatic heterocycles. The molecule has 3 aliphatic rings. The number of aromatic nitrogens is 4. The van der Waals surface area contributed by atoms with Crippen LogP contribution in [0.5, 0.6) is 0 Å². The smallest absolute Gasteiger partial charge is 0.256 e. The van der Waals surface area contributed by atoms with E-state index in [2.05, 4.69) is 15.3 Å². The number of fused-ring (bicyclic) bond motifs is 2. The molecule has 2 atom stereocenters. The highest BCUT2D eigenvalue weighted by molar-refractivity contribution is 6.04. The molecule has 1 aromatic carbocycles. The Morgan fingerprint density at radius 2 is 1.87 bits per heavy atom. The molecule has 9 nitrogen and oxygen atoms in total. The van der Waals surface area contributed by atoms with Crippen molar-refractivity contribution in [3.63, 3.8) is 0 Å². The van der Waals surface area contributed by atoms with Crippen molar-refractivity contribution in [2.45, 2.75) is 56.4 Å². The number of halogens is 1. The lowest BCUT2D eigenvalue weighted by Gasteiger charge is -2.34. The Morgan fingerprint density at radius 1 is 1.03 bits per heavy atom. The zero-order chi connectivity index (χ0) is 26.7. The summed E-state index contributed by atoms with van der Waals surface area (Å²) in [6.07, 6.45) is 10.6. The minimum absolute atomic E-state index is 0.00151. The van der Waals surface area contributed by atoms with E-state index >= 15 is 4.39 Å². The molecule has 1 aliphatic carbocycles. The average Bonchev–Trinajstić information content (AvgIpc) is 3.63. The summed E-state index contributed by atoms with van der Waals surface area (Å²) in [4.78, 5) is 40.6. The average molecular weight is 526 g/mol. The first-order valence-electron chi connectivity index (χ1n) is 13.5. The Labute approximate surface area is 224 Å². The van der Waals surface area contributed by atoms with Gasteiger partial charge < -0.3 is 16.0 Å². The third kappa shape index (κ3) is 4.20. The number of nitrogens with one attached hydrogen (secondary N) is 1. The number of anilines is 2. The molecule has 2 amide bonds.